The fourth-order valence-corrected chi connectivity index (χ4v) is 3.41. The van der Waals surface area contributed by atoms with Gasteiger partial charge >= 0.3 is 6.18 Å². The molecule has 0 saturated carbocycles. The van der Waals surface area contributed by atoms with Crippen LogP contribution in [0.3, 0.4) is 0 Å². The van der Waals surface area contributed by atoms with Crippen molar-refractivity contribution in [2.75, 3.05) is 17.9 Å². The molecule has 0 saturated heterocycles. The lowest BCUT2D eigenvalue weighted by atomic mass is 10.0. The minimum atomic E-state index is -4.77. The number of nitrogens with zero attached hydrogens (tertiary/aromatic N) is 4. The predicted molar refractivity (Wildman–Crippen MR) is 130 cm³/mol. The highest BCUT2D eigenvalue weighted by Gasteiger charge is 2.35. The Morgan fingerprint density at radius 2 is 1.94 bits per heavy atom. The first-order valence-electron chi connectivity index (χ1n) is 10.4. The topological polar surface area (TPSA) is 125 Å². The number of ether oxygens (including phenoxy) is 1. The van der Waals surface area contributed by atoms with Crippen molar-refractivity contribution in [2.24, 2.45) is 5.10 Å². The Morgan fingerprint density at radius 1 is 1.14 bits per heavy atom. The molecule has 0 aliphatic rings. The van der Waals surface area contributed by atoms with Crippen LogP contribution in [0.5, 0.6) is 5.88 Å². The number of halogens is 3. The summed E-state index contributed by atoms with van der Waals surface area (Å²) in [6.07, 6.45) is 1.39. The van der Waals surface area contributed by atoms with E-state index in [1.807, 2.05) is 24.3 Å². The third-order valence-corrected chi connectivity index (χ3v) is 5.01. The SMILES string of the molecule is COc1nc(-c2cncc3ccccc23)ccc1C(=O)Nc1cnc(N/N=C\C=N)c(C(F)(F)F)c1. The van der Waals surface area contributed by atoms with Crippen LogP contribution >= 0.6 is 0 Å². The summed E-state index contributed by atoms with van der Waals surface area (Å²) in [7, 11) is 1.34. The molecular weight excluding hydrogens is 475 g/mol. The lowest BCUT2D eigenvalue weighted by Crippen LogP contribution is -2.16. The molecular formula is C24H18F3N7O2. The average molecular weight is 493 g/mol. The van der Waals surface area contributed by atoms with Gasteiger partial charge in [-0.2, -0.15) is 18.3 Å². The standard InChI is InChI=1S/C24H18F3N7O2/c1-36-23-17(6-7-20(33-23)18-13-29-11-14-4-2-3-5-16(14)18)22(35)32-15-10-19(24(25,26)27)21(30-12-15)34-31-9-8-28/h2-13,28H,1H3,(H,30,34)(H,32,35)/b28-8?,31-9-. The Bertz CT molecular complexity index is 1470. The normalized spacial score (nSPS) is 11.4. The van der Waals surface area contributed by atoms with Crippen molar-refractivity contribution in [1.29, 1.82) is 5.41 Å². The molecule has 36 heavy (non-hydrogen) atoms. The van der Waals surface area contributed by atoms with E-state index in [0.717, 1.165) is 41.0 Å². The van der Waals surface area contributed by atoms with Crippen LogP contribution in [0, 0.1) is 5.41 Å². The second kappa shape index (κ2) is 10.2. The Kier molecular flexibility index (Phi) is 6.86. The first-order valence-corrected chi connectivity index (χ1v) is 10.4. The molecule has 0 unspecified atom stereocenters. The largest absolute Gasteiger partial charge is 0.480 e. The van der Waals surface area contributed by atoms with E-state index < -0.39 is 23.5 Å². The van der Waals surface area contributed by atoms with Crippen LogP contribution in [0.2, 0.25) is 0 Å². The molecule has 0 atom stereocenters. The Labute approximate surface area is 202 Å². The summed E-state index contributed by atoms with van der Waals surface area (Å²) in [4.78, 5) is 25.3. The Balaban J connectivity index is 1.64. The number of methoxy groups -OCH3 is 1. The van der Waals surface area contributed by atoms with Gasteiger partial charge in [-0.1, -0.05) is 24.3 Å². The molecule has 182 valence electrons. The third kappa shape index (κ3) is 5.12. The summed E-state index contributed by atoms with van der Waals surface area (Å²) in [6, 6.07) is 11.4. The van der Waals surface area contributed by atoms with Crippen LogP contribution in [0.1, 0.15) is 15.9 Å². The first kappa shape index (κ1) is 24.3. The van der Waals surface area contributed by atoms with Crippen LogP contribution in [0.15, 0.2) is 66.2 Å². The fourth-order valence-electron chi connectivity index (χ4n) is 3.41. The van der Waals surface area contributed by atoms with Gasteiger partial charge in [-0.25, -0.2) is 9.97 Å². The van der Waals surface area contributed by atoms with Crippen molar-refractivity contribution in [3.63, 3.8) is 0 Å². The van der Waals surface area contributed by atoms with Crippen LogP contribution in [0.25, 0.3) is 22.0 Å². The summed E-state index contributed by atoms with van der Waals surface area (Å²) in [5.74, 6) is -1.33. The van der Waals surface area contributed by atoms with Crippen LogP contribution in [-0.4, -0.2) is 40.4 Å². The predicted octanol–water partition coefficient (Wildman–Crippen LogP) is 5.02. The molecule has 1 amide bonds. The molecule has 0 spiro atoms. The van der Waals surface area contributed by atoms with Gasteiger partial charge in [-0.05, 0) is 23.6 Å². The van der Waals surface area contributed by atoms with Gasteiger partial charge in [-0.3, -0.25) is 15.2 Å². The molecule has 0 aliphatic heterocycles. The van der Waals surface area contributed by atoms with Crippen LogP contribution in [0.4, 0.5) is 24.7 Å². The van der Waals surface area contributed by atoms with E-state index in [1.165, 1.54) is 13.2 Å². The zero-order valence-electron chi connectivity index (χ0n) is 18.7. The van der Waals surface area contributed by atoms with E-state index in [9.17, 15) is 18.0 Å². The monoisotopic (exact) mass is 493 g/mol. The summed E-state index contributed by atoms with van der Waals surface area (Å²) >= 11 is 0. The number of rotatable bonds is 7. The summed E-state index contributed by atoms with van der Waals surface area (Å²) in [6.45, 7) is 0. The quantitative estimate of drug-likeness (QED) is 0.245. The van der Waals surface area contributed by atoms with E-state index in [1.54, 1.807) is 18.5 Å². The van der Waals surface area contributed by atoms with Gasteiger partial charge in [0, 0.05) is 29.6 Å². The maximum Gasteiger partial charge on any atom is 0.420 e. The number of alkyl halides is 3. The number of hydrazone groups is 1. The number of carbonyl (C=O) groups excluding carboxylic acids is 1. The number of hydrogen-bond acceptors (Lipinski definition) is 8. The summed E-state index contributed by atoms with van der Waals surface area (Å²) in [5.41, 5.74) is 2.03. The number of hydrogen-bond donors (Lipinski definition) is 3. The number of amides is 1. The molecule has 3 aromatic heterocycles. The van der Waals surface area contributed by atoms with Gasteiger partial charge in [0.05, 0.1) is 30.9 Å². The van der Waals surface area contributed by atoms with Gasteiger partial charge in [0.25, 0.3) is 5.91 Å². The second-order valence-electron chi connectivity index (χ2n) is 7.29. The Morgan fingerprint density at radius 3 is 2.69 bits per heavy atom. The summed E-state index contributed by atoms with van der Waals surface area (Å²) < 4.78 is 45.8. The van der Waals surface area contributed by atoms with Gasteiger partial charge in [0.15, 0.2) is 5.82 Å². The van der Waals surface area contributed by atoms with E-state index in [2.05, 4.69) is 30.8 Å². The van der Waals surface area contributed by atoms with Crippen molar-refractivity contribution in [3.8, 4) is 17.1 Å². The summed E-state index contributed by atoms with van der Waals surface area (Å²) in [5, 5.41) is 14.5. The molecule has 9 nitrogen and oxygen atoms in total. The third-order valence-electron chi connectivity index (χ3n) is 5.01. The number of fused-ring (bicyclic) bond motifs is 1. The average Bonchev–Trinajstić information content (AvgIpc) is 2.88. The highest BCUT2D eigenvalue weighted by atomic mass is 19.4. The molecule has 1 aromatic carbocycles. The lowest BCUT2D eigenvalue weighted by Gasteiger charge is -2.14. The zero-order valence-corrected chi connectivity index (χ0v) is 18.7. The molecule has 12 heteroatoms. The highest BCUT2D eigenvalue weighted by Crippen LogP contribution is 2.35. The smallest absolute Gasteiger partial charge is 0.420 e. The molecule has 0 fully saturated rings. The zero-order chi connectivity index (χ0) is 25.7. The highest BCUT2D eigenvalue weighted by molar-refractivity contribution is 6.14. The van der Waals surface area contributed by atoms with Crippen LogP contribution < -0.4 is 15.5 Å². The number of pyridine rings is 3. The molecule has 0 bridgehead atoms. The van der Waals surface area contributed by atoms with Crippen molar-refractivity contribution >= 4 is 40.6 Å². The fraction of sp³-hybridized carbons (Fsp3) is 0.0833. The number of aromatic nitrogens is 3. The number of nitrogens with one attached hydrogen (secondary N) is 3. The molecule has 4 rings (SSSR count). The lowest BCUT2D eigenvalue weighted by molar-refractivity contribution is -0.137. The van der Waals surface area contributed by atoms with Crippen molar-refractivity contribution in [3.05, 3.63) is 72.2 Å². The van der Waals surface area contributed by atoms with Crippen LogP contribution in [-0.2, 0) is 6.18 Å². The molecule has 4 aromatic rings. The molecule has 0 radical (unpaired) electrons. The van der Waals surface area contributed by atoms with Gasteiger partial charge < -0.3 is 15.5 Å². The minimum Gasteiger partial charge on any atom is -0.480 e. The molecule has 3 N–H and O–H groups in total. The van der Waals surface area contributed by atoms with Gasteiger partial charge in [0.1, 0.15) is 11.1 Å². The van der Waals surface area contributed by atoms with E-state index in [-0.39, 0.29) is 17.1 Å². The van der Waals surface area contributed by atoms with E-state index >= 15 is 0 Å². The van der Waals surface area contributed by atoms with Crippen molar-refractivity contribution in [2.45, 2.75) is 6.18 Å². The van der Waals surface area contributed by atoms with E-state index in [4.69, 9.17) is 10.1 Å². The van der Waals surface area contributed by atoms with E-state index in [0.29, 0.717) is 5.69 Å². The number of benzene rings is 1. The number of anilines is 2. The van der Waals surface area contributed by atoms with Crippen molar-refractivity contribution in [1.82, 2.24) is 15.0 Å². The first-order chi connectivity index (χ1) is 17.3. The molecule has 3 heterocycles. The second-order valence-corrected chi connectivity index (χ2v) is 7.29. The maximum atomic E-state index is 13.5. The number of carbonyl (C=O) groups is 1. The van der Waals surface area contributed by atoms with Gasteiger partial charge in [-0.15, -0.1) is 0 Å². The van der Waals surface area contributed by atoms with Crippen molar-refractivity contribution < 1.29 is 22.7 Å². The minimum absolute atomic E-state index is 0.0128. The Hall–Kier alpha value is -4.87. The molecule has 0 aliphatic carbocycles. The maximum absolute atomic E-state index is 13.5. The van der Waals surface area contributed by atoms with Gasteiger partial charge in [0.2, 0.25) is 5.88 Å².